The number of hydrogen-bond donors (Lipinski definition) is 0. The molecular weight excluding hydrogens is 172 g/mol. The third kappa shape index (κ3) is 4.05. The molecule has 1 aliphatic rings. The molecule has 0 saturated carbocycles. The lowest BCUT2D eigenvalue weighted by molar-refractivity contribution is -0.174. The number of esters is 1. The predicted octanol–water partition coefficient (Wildman–Crippen LogP) is 0.867. The second-order valence-corrected chi connectivity index (χ2v) is 2.77. The largest absolute Gasteiger partial charge is 0.433 e. The molecule has 4 heteroatoms. The number of rotatable bonds is 6. The Balaban J connectivity index is 2.15. The van der Waals surface area contributed by atoms with Crippen LogP contribution in [0.5, 0.6) is 0 Å². The van der Waals surface area contributed by atoms with E-state index in [2.05, 4.69) is 6.58 Å². The molecule has 0 aromatic carbocycles. The van der Waals surface area contributed by atoms with Gasteiger partial charge in [-0.15, -0.1) is 0 Å². The zero-order valence-corrected chi connectivity index (χ0v) is 7.69. The van der Waals surface area contributed by atoms with Gasteiger partial charge in [-0.05, 0) is 0 Å². The summed E-state index contributed by atoms with van der Waals surface area (Å²) in [6.07, 6.45) is 1.47. The SMILES string of the molecule is C=CC(=O)OC(CC)OCC1CO1. The molecule has 1 fully saturated rings. The van der Waals surface area contributed by atoms with Gasteiger partial charge in [0, 0.05) is 12.5 Å². The fourth-order valence-electron chi connectivity index (χ4n) is 0.792. The molecule has 0 bridgehead atoms. The van der Waals surface area contributed by atoms with E-state index in [1.165, 1.54) is 0 Å². The molecule has 1 saturated heterocycles. The van der Waals surface area contributed by atoms with Crippen LogP contribution >= 0.6 is 0 Å². The maximum atomic E-state index is 10.8. The topological polar surface area (TPSA) is 48.1 Å². The Morgan fingerprint density at radius 2 is 2.54 bits per heavy atom. The third-order valence-electron chi connectivity index (χ3n) is 1.62. The summed E-state index contributed by atoms with van der Waals surface area (Å²) in [5.74, 6) is -0.455. The van der Waals surface area contributed by atoms with Crippen molar-refractivity contribution in [3.63, 3.8) is 0 Å². The van der Waals surface area contributed by atoms with Crippen LogP contribution in [-0.4, -0.2) is 31.6 Å². The highest BCUT2D eigenvalue weighted by atomic mass is 16.7. The summed E-state index contributed by atoms with van der Waals surface area (Å²) in [5.41, 5.74) is 0. The van der Waals surface area contributed by atoms with Gasteiger partial charge in [-0.25, -0.2) is 4.79 Å². The van der Waals surface area contributed by atoms with Gasteiger partial charge >= 0.3 is 5.97 Å². The van der Waals surface area contributed by atoms with Crippen LogP contribution in [0.4, 0.5) is 0 Å². The molecule has 2 unspecified atom stereocenters. The van der Waals surface area contributed by atoms with Gasteiger partial charge in [0.05, 0.1) is 13.2 Å². The second-order valence-electron chi connectivity index (χ2n) is 2.77. The highest BCUT2D eigenvalue weighted by Crippen LogP contribution is 2.11. The van der Waals surface area contributed by atoms with Crippen LogP contribution in [0.15, 0.2) is 12.7 Å². The summed E-state index contributed by atoms with van der Waals surface area (Å²) in [4.78, 5) is 10.8. The van der Waals surface area contributed by atoms with E-state index in [1.807, 2.05) is 6.92 Å². The monoisotopic (exact) mass is 186 g/mol. The molecule has 1 heterocycles. The Labute approximate surface area is 77.5 Å². The fraction of sp³-hybridized carbons (Fsp3) is 0.667. The van der Waals surface area contributed by atoms with Gasteiger partial charge in [-0.1, -0.05) is 13.5 Å². The van der Waals surface area contributed by atoms with E-state index < -0.39 is 12.3 Å². The maximum absolute atomic E-state index is 10.8. The van der Waals surface area contributed by atoms with E-state index in [-0.39, 0.29) is 6.10 Å². The summed E-state index contributed by atoms with van der Waals surface area (Å²) < 4.78 is 15.1. The first-order chi connectivity index (χ1) is 6.26. The number of carbonyl (C=O) groups excluding carboxylic acids is 1. The third-order valence-corrected chi connectivity index (χ3v) is 1.62. The van der Waals surface area contributed by atoms with Crippen molar-refractivity contribution in [3.8, 4) is 0 Å². The lowest BCUT2D eigenvalue weighted by Gasteiger charge is -2.14. The standard InChI is InChI=1S/C9H14O4/c1-3-8(10)13-9(4-2)12-6-7-5-11-7/h3,7,9H,1,4-6H2,2H3. The van der Waals surface area contributed by atoms with Crippen molar-refractivity contribution in [2.75, 3.05) is 13.2 Å². The van der Waals surface area contributed by atoms with Crippen LogP contribution in [0, 0.1) is 0 Å². The highest BCUT2D eigenvalue weighted by molar-refractivity contribution is 5.81. The van der Waals surface area contributed by atoms with Crippen molar-refractivity contribution >= 4 is 5.97 Å². The molecule has 1 aliphatic heterocycles. The molecule has 1 rings (SSSR count). The minimum atomic E-state index is -0.477. The van der Waals surface area contributed by atoms with E-state index in [0.717, 1.165) is 12.7 Å². The van der Waals surface area contributed by atoms with E-state index in [9.17, 15) is 4.79 Å². The first kappa shape index (κ1) is 10.2. The van der Waals surface area contributed by atoms with Crippen LogP contribution < -0.4 is 0 Å². The molecule has 0 aromatic rings. The average molecular weight is 186 g/mol. The van der Waals surface area contributed by atoms with Crippen molar-refractivity contribution in [1.82, 2.24) is 0 Å². The first-order valence-electron chi connectivity index (χ1n) is 4.32. The average Bonchev–Trinajstić information content (AvgIpc) is 2.95. The minimum absolute atomic E-state index is 0.191. The smallest absolute Gasteiger partial charge is 0.332 e. The number of hydrogen-bond acceptors (Lipinski definition) is 4. The highest BCUT2D eigenvalue weighted by Gasteiger charge is 2.24. The van der Waals surface area contributed by atoms with Crippen LogP contribution in [0.1, 0.15) is 13.3 Å². The van der Waals surface area contributed by atoms with Gasteiger partial charge in [-0.2, -0.15) is 0 Å². The molecule has 0 N–H and O–H groups in total. The Morgan fingerprint density at radius 1 is 1.85 bits per heavy atom. The molecule has 0 aliphatic carbocycles. The predicted molar refractivity (Wildman–Crippen MR) is 46.1 cm³/mol. The van der Waals surface area contributed by atoms with Crippen molar-refractivity contribution in [3.05, 3.63) is 12.7 Å². The molecule has 0 amide bonds. The maximum Gasteiger partial charge on any atom is 0.332 e. The molecular formula is C9H14O4. The van der Waals surface area contributed by atoms with Gasteiger partial charge in [0.2, 0.25) is 6.29 Å². The van der Waals surface area contributed by atoms with Gasteiger partial charge in [0.1, 0.15) is 6.10 Å². The van der Waals surface area contributed by atoms with Crippen molar-refractivity contribution < 1.29 is 19.0 Å². The van der Waals surface area contributed by atoms with Crippen molar-refractivity contribution in [1.29, 1.82) is 0 Å². The van der Waals surface area contributed by atoms with Crippen molar-refractivity contribution in [2.45, 2.75) is 25.7 Å². The van der Waals surface area contributed by atoms with E-state index in [1.54, 1.807) is 0 Å². The number of carbonyl (C=O) groups is 1. The zero-order valence-electron chi connectivity index (χ0n) is 7.69. The van der Waals surface area contributed by atoms with Crippen LogP contribution in [0.3, 0.4) is 0 Å². The normalized spacial score (nSPS) is 22.1. The zero-order chi connectivity index (χ0) is 9.68. The van der Waals surface area contributed by atoms with Gasteiger partial charge in [0.25, 0.3) is 0 Å². The van der Waals surface area contributed by atoms with Crippen molar-refractivity contribution in [2.24, 2.45) is 0 Å². The summed E-state index contributed by atoms with van der Waals surface area (Å²) in [7, 11) is 0. The van der Waals surface area contributed by atoms with Crippen LogP contribution in [-0.2, 0) is 19.0 Å². The minimum Gasteiger partial charge on any atom is -0.433 e. The van der Waals surface area contributed by atoms with E-state index in [4.69, 9.17) is 14.2 Å². The Bertz CT molecular complexity index is 186. The molecule has 0 aromatic heterocycles. The quantitative estimate of drug-likeness (QED) is 0.267. The number of ether oxygens (including phenoxy) is 3. The molecule has 0 spiro atoms. The summed E-state index contributed by atoms with van der Waals surface area (Å²) >= 11 is 0. The van der Waals surface area contributed by atoms with Gasteiger partial charge in [-0.3, -0.25) is 0 Å². The van der Waals surface area contributed by atoms with Gasteiger partial charge in [0.15, 0.2) is 0 Å². The van der Waals surface area contributed by atoms with E-state index in [0.29, 0.717) is 13.0 Å². The first-order valence-corrected chi connectivity index (χ1v) is 4.32. The summed E-state index contributed by atoms with van der Waals surface area (Å²) in [6, 6.07) is 0. The molecule has 74 valence electrons. The van der Waals surface area contributed by atoms with Crippen LogP contribution in [0.25, 0.3) is 0 Å². The Kier molecular flexibility index (Phi) is 3.92. The Hall–Kier alpha value is -0.870. The molecule has 13 heavy (non-hydrogen) atoms. The summed E-state index contributed by atoms with van der Waals surface area (Å²) in [6.45, 7) is 6.42. The lowest BCUT2D eigenvalue weighted by Crippen LogP contribution is -2.21. The Morgan fingerprint density at radius 3 is 3.00 bits per heavy atom. The number of epoxide rings is 1. The second kappa shape index (κ2) is 4.99. The lowest BCUT2D eigenvalue weighted by atomic mass is 10.4. The fourth-order valence-corrected chi connectivity index (χ4v) is 0.792. The van der Waals surface area contributed by atoms with E-state index >= 15 is 0 Å². The molecule has 4 nitrogen and oxygen atoms in total. The molecule has 0 radical (unpaired) electrons. The summed E-state index contributed by atoms with van der Waals surface area (Å²) in [5, 5.41) is 0. The van der Waals surface area contributed by atoms with Gasteiger partial charge < -0.3 is 14.2 Å². The molecule has 2 atom stereocenters. The van der Waals surface area contributed by atoms with Crippen LogP contribution in [0.2, 0.25) is 0 Å².